The van der Waals surface area contributed by atoms with E-state index in [0.29, 0.717) is 34.7 Å². The highest BCUT2D eigenvalue weighted by atomic mass is 32.2. The van der Waals surface area contributed by atoms with E-state index in [1.807, 2.05) is 6.07 Å². The Morgan fingerprint density at radius 1 is 1.02 bits per heavy atom. The Balaban J connectivity index is 1.64. The van der Waals surface area contributed by atoms with Crippen molar-refractivity contribution in [3.63, 3.8) is 0 Å². The Kier molecular flexibility index (Phi) is 8.94. The lowest BCUT2D eigenvalue weighted by atomic mass is 10.0. The van der Waals surface area contributed by atoms with Crippen LogP contribution in [0.25, 0.3) is 11.0 Å². The lowest BCUT2D eigenvalue weighted by Crippen LogP contribution is -2.52. The molecule has 240 valence electrons. The van der Waals surface area contributed by atoms with Gasteiger partial charge in [-0.25, -0.2) is 18.0 Å². The van der Waals surface area contributed by atoms with E-state index >= 15 is 0 Å². The highest BCUT2D eigenvalue weighted by molar-refractivity contribution is 7.90. The molecule has 2 heterocycles. The number of carbonyl (C=O) groups is 2. The molecule has 3 aromatic carbocycles. The Morgan fingerprint density at radius 3 is 2.35 bits per heavy atom. The van der Waals surface area contributed by atoms with Gasteiger partial charge < -0.3 is 19.7 Å². The summed E-state index contributed by atoms with van der Waals surface area (Å²) in [6, 6.07) is 18.8. The molecule has 1 saturated heterocycles. The number of amides is 2. The largest absolute Gasteiger partial charge is 0.497 e. The molecule has 1 fully saturated rings. The summed E-state index contributed by atoms with van der Waals surface area (Å²) in [6.07, 6.45) is 0.595. The molecule has 0 aliphatic carbocycles. The van der Waals surface area contributed by atoms with Crippen LogP contribution in [-0.2, 0) is 19.6 Å². The lowest BCUT2D eigenvalue weighted by Gasteiger charge is -2.35. The van der Waals surface area contributed by atoms with Gasteiger partial charge in [-0.15, -0.1) is 0 Å². The van der Waals surface area contributed by atoms with Crippen molar-refractivity contribution in [2.45, 2.75) is 56.2 Å². The van der Waals surface area contributed by atoms with Gasteiger partial charge in [0.25, 0.3) is 15.9 Å². The number of ether oxygens (including phenoxy) is 2. The van der Waals surface area contributed by atoms with Gasteiger partial charge in [-0.2, -0.15) is 9.23 Å². The lowest BCUT2D eigenvalue weighted by molar-refractivity contribution is -0.135. The Hall–Kier alpha value is -5.09. The standard InChI is InChI=1S/C33H35N5O7S/c1-33(2,3)45-31(40)35-24-11-8-18-36(21-24)30(39)29(23-9-6-5-7-10-23)37-28-19-22(20-34)12-17-27(28)38(32(37)41)46(42,43)26-15-13-25(44-4)14-16-26/h5-7,9-10,12-17,19,24,29H,8,11,18,21H2,1-4H3,(H,35,40)/t24?,29-/m0/s1. The summed E-state index contributed by atoms with van der Waals surface area (Å²) in [6.45, 7) is 5.79. The molecule has 2 amide bonds. The number of aromatic nitrogens is 2. The molecule has 0 bridgehead atoms. The first-order valence-electron chi connectivity index (χ1n) is 14.7. The van der Waals surface area contributed by atoms with E-state index in [0.717, 1.165) is 4.57 Å². The van der Waals surface area contributed by atoms with Gasteiger partial charge in [-0.1, -0.05) is 30.3 Å². The third-order valence-electron chi connectivity index (χ3n) is 7.62. The number of methoxy groups -OCH3 is 1. The molecule has 0 spiro atoms. The average Bonchev–Trinajstić information content (AvgIpc) is 3.32. The zero-order valence-electron chi connectivity index (χ0n) is 26.0. The topological polar surface area (TPSA) is 153 Å². The van der Waals surface area contributed by atoms with Gasteiger partial charge in [-0.3, -0.25) is 9.36 Å². The predicted octanol–water partition coefficient (Wildman–Crippen LogP) is 4.03. The smallest absolute Gasteiger partial charge is 0.407 e. The molecule has 1 unspecified atom stereocenters. The molecular weight excluding hydrogens is 610 g/mol. The quantitative estimate of drug-likeness (QED) is 0.316. The van der Waals surface area contributed by atoms with E-state index in [9.17, 15) is 28.1 Å². The van der Waals surface area contributed by atoms with Gasteiger partial charge in [0, 0.05) is 19.1 Å². The maximum absolute atomic E-state index is 14.5. The van der Waals surface area contributed by atoms with Crippen LogP contribution >= 0.6 is 0 Å². The van der Waals surface area contributed by atoms with Crippen molar-refractivity contribution < 1.29 is 27.5 Å². The number of hydrogen-bond acceptors (Lipinski definition) is 8. The molecule has 0 radical (unpaired) electrons. The van der Waals surface area contributed by atoms with Crippen LogP contribution in [0, 0.1) is 11.3 Å². The molecule has 1 aliphatic rings. The highest BCUT2D eigenvalue weighted by Crippen LogP contribution is 2.29. The van der Waals surface area contributed by atoms with E-state index < -0.39 is 45.4 Å². The Morgan fingerprint density at radius 2 is 1.72 bits per heavy atom. The molecule has 2 atom stereocenters. The van der Waals surface area contributed by atoms with Crippen LogP contribution in [-0.4, -0.2) is 65.7 Å². The first kappa shape index (κ1) is 32.3. The summed E-state index contributed by atoms with van der Waals surface area (Å²) < 4.78 is 40.4. The second-order valence-electron chi connectivity index (χ2n) is 12.0. The van der Waals surface area contributed by atoms with E-state index in [1.54, 1.807) is 56.0 Å². The van der Waals surface area contributed by atoms with E-state index in [2.05, 4.69) is 5.32 Å². The molecule has 0 saturated carbocycles. The van der Waals surface area contributed by atoms with Gasteiger partial charge in [0.15, 0.2) is 0 Å². The minimum atomic E-state index is -4.46. The number of likely N-dealkylation sites (tertiary alicyclic amines) is 1. The first-order chi connectivity index (χ1) is 21.8. The summed E-state index contributed by atoms with van der Waals surface area (Å²) in [5.41, 5.74) is -0.931. The Bertz CT molecular complexity index is 1970. The number of imidazole rings is 1. The van der Waals surface area contributed by atoms with Gasteiger partial charge >= 0.3 is 11.8 Å². The van der Waals surface area contributed by atoms with Crippen molar-refractivity contribution in [3.8, 4) is 11.8 Å². The third-order valence-corrected chi connectivity index (χ3v) is 9.32. The fourth-order valence-corrected chi connectivity index (χ4v) is 6.97. The molecular formula is C33H35N5O7S. The zero-order chi connectivity index (χ0) is 33.2. The molecule has 1 N–H and O–H groups in total. The molecule has 1 aromatic heterocycles. The maximum atomic E-state index is 14.5. The second-order valence-corrected chi connectivity index (χ2v) is 13.8. The van der Waals surface area contributed by atoms with Crippen LogP contribution in [0.2, 0.25) is 0 Å². The van der Waals surface area contributed by atoms with Crippen LogP contribution in [0.4, 0.5) is 4.79 Å². The molecule has 12 nitrogen and oxygen atoms in total. The first-order valence-corrected chi connectivity index (χ1v) is 16.2. The number of hydrogen-bond donors (Lipinski definition) is 1. The van der Waals surface area contributed by atoms with Gasteiger partial charge in [0.1, 0.15) is 17.4 Å². The van der Waals surface area contributed by atoms with Crippen molar-refractivity contribution in [1.82, 2.24) is 18.8 Å². The molecule has 5 rings (SSSR count). The van der Waals surface area contributed by atoms with Crippen molar-refractivity contribution >= 4 is 33.1 Å². The summed E-state index contributed by atoms with van der Waals surface area (Å²) in [4.78, 5) is 42.8. The number of rotatable bonds is 7. The number of benzene rings is 3. The van der Waals surface area contributed by atoms with E-state index in [4.69, 9.17) is 9.47 Å². The summed E-state index contributed by atoms with van der Waals surface area (Å²) in [5, 5.41) is 12.5. The van der Waals surface area contributed by atoms with E-state index in [-0.39, 0.29) is 28.0 Å². The fraction of sp³-hybridized carbons (Fsp3) is 0.333. The maximum Gasteiger partial charge on any atom is 0.407 e. The zero-order valence-corrected chi connectivity index (χ0v) is 26.8. The second kappa shape index (κ2) is 12.7. The molecule has 4 aromatic rings. The summed E-state index contributed by atoms with van der Waals surface area (Å²) in [5.74, 6) is -0.0321. The van der Waals surface area contributed by atoms with Crippen molar-refractivity contribution in [2.75, 3.05) is 20.2 Å². The van der Waals surface area contributed by atoms with Crippen molar-refractivity contribution in [1.29, 1.82) is 5.26 Å². The van der Waals surface area contributed by atoms with Crippen LogP contribution in [0.15, 0.2) is 82.5 Å². The van der Waals surface area contributed by atoms with Crippen LogP contribution in [0.1, 0.15) is 50.8 Å². The van der Waals surface area contributed by atoms with Crippen LogP contribution in [0.5, 0.6) is 5.75 Å². The highest BCUT2D eigenvalue weighted by Gasteiger charge is 2.36. The Labute approximate surface area is 266 Å². The molecule has 46 heavy (non-hydrogen) atoms. The van der Waals surface area contributed by atoms with Gasteiger partial charge in [0.05, 0.1) is 34.7 Å². The fourth-order valence-electron chi connectivity index (χ4n) is 5.58. The van der Waals surface area contributed by atoms with Gasteiger partial charge in [-0.05, 0) is 81.6 Å². The number of nitriles is 1. The monoisotopic (exact) mass is 645 g/mol. The van der Waals surface area contributed by atoms with Crippen LogP contribution in [0.3, 0.4) is 0 Å². The molecule has 1 aliphatic heterocycles. The number of carbonyl (C=O) groups excluding carboxylic acids is 2. The van der Waals surface area contributed by atoms with Crippen LogP contribution < -0.4 is 15.7 Å². The number of alkyl carbamates (subject to hydrolysis) is 1. The van der Waals surface area contributed by atoms with Gasteiger partial charge in [0.2, 0.25) is 0 Å². The number of fused-ring (bicyclic) bond motifs is 1. The summed E-state index contributed by atoms with van der Waals surface area (Å²) >= 11 is 0. The van der Waals surface area contributed by atoms with Crippen molar-refractivity contribution in [3.05, 3.63) is 94.4 Å². The van der Waals surface area contributed by atoms with Crippen molar-refractivity contribution in [2.24, 2.45) is 0 Å². The number of piperidine rings is 1. The van der Waals surface area contributed by atoms with E-state index in [1.165, 1.54) is 49.6 Å². The minimum Gasteiger partial charge on any atom is -0.497 e. The summed E-state index contributed by atoms with van der Waals surface area (Å²) in [7, 11) is -3.01. The average molecular weight is 646 g/mol. The SMILES string of the molecule is COc1ccc(S(=O)(=O)n2c(=O)n([C@H](C(=O)N3CCCC(NC(=O)OC(C)(C)C)C3)c3ccccc3)c3cc(C#N)ccc32)cc1. The number of nitrogens with one attached hydrogen (secondary N) is 1. The normalized spacial score (nSPS) is 16.0. The minimum absolute atomic E-state index is 0.0108. The number of nitrogens with zero attached hydrogens (tertiary/aromatic N) is 4. The molecule has 13 heteroatoms. The third kappa shape index (κ3) is 6.48. The predicted molar refractivity (Wildman–Crippen MR) is 170 cm³/mol.